The lowest BCUT2D eigenvalue weighted by Gasteiger charge is -2.41. The maximum absolute atomic E-state index is 6.07. The first kappa shape index (κ1) is 16.2. The predicted molar refractivity (Wildman–Crippen MR) is 92.6 cm³/mol. The van der Waals surface area contributed by atoms with Crippen molar-refractivity contribution in [3.8, 4) is 0 Å². The Kier molecular flexibility index (Phi) is 5.71. The van der Waals surface area contributed by atoms with Crippen molar-refractivity contribution in [2.75, 3.05) is 66.0 Å². The molecule has 1 aromatic rings. The molecule has 1 atom stereocenters. The van der Waals surface area contributed by atoms with Crippen molar-refractivity contribution in [1.82, 2.24) is 20.0 Å². The van der Waals surface area contributed by atoms with Gasteiger partial charge < -0.3 is 10.2 Å². The lowest BCUT2D eigenvalue weighted by atomic mass is 10.0. The number of halogens is 1. The molecule has 0 aliphatic carbocycles. The SMILES string of the molecule is CN1CCN([C@H](CN2CCNCC2)c2ccc(Cl)cc2)CC1. The van der Waals surface area contributed by atoms with Crippen molar-refractivity contribution in [2.45, 2.75) is 6.04 Å². The van der Waals surface area contributed by atoms with Gasteiger partial charge in [-0.1, -0.05) is 23.7 Å². The van der Waals surface area contributed by atoms with Gasteiger partial charge in [0, 0.05) is 70.0 Å². The Bertz CT molecular complexity index is 450. The molecule has 2 aliphatic rings. The van der Waals surface area contributed by atoms with Crippen LogP contribution in [-0.2, 0) is 0 Å². The van der Waals surface area contributed by atoms with E-state index in [1.165, 1.54) is 5.56 Å². The van der Waals surface area contributed by atoms with Gasteiger partial charge in [0.25, 0.3) is 0 Å². The number of piperazine rings is 2. The van der Waals surface area contributed by atoms with Crippen molar-refractivity contribution in [1.29, 1.82) is 0 Å². The van der Waals surface area contributed by atoms with Crippen LogP contribution in [0, 0.1) is 0 Å². The normalized spacial score (nSPS) is 23.5. The molecule has 2 fully saturated rings. The largest absolute Gasteiger partial charge is 0.314 e. The second-order valence-electron chi connectivity index (χ2n) is 6.46. The third-order valence-electron chi connectivity index (χ3n) is 4.87. The van der Waals surface area contributed by atoms with E-state index in [2.05, 4.69) is 39.2 Å². The van der Waals surface area contributed by atoms with Crippen LogP contribution in [-0.4, -0.2) is 80.7 Å². The van der Waals surface area contributed by atoms with Gasteiger partial charge in [0.2, 0.25) is 0 Å². The summed E-state index contributed by atoms with van der Waals surface area (Å²) in [4.78, 5) is 7.65. The highest BCUT2D eigenvalue weighted by Crippen LogP contribution is 2.25. The van der Waals surface area contributed by atoms with Gasteiger partial charge in [0.05, 0.1) is 0 Å². The van der Waals surface area contributed by atoms with Crippen LogP contribution in [0.1, 0.15) is 11.6 Å². The molecule has 122 valence electrons. The summed E-state index contributed by atoms with van der Waals surface area (Å²) in [5.41, 5.74) is 1.40. The maximum atomic E-state index is 6.07. The van der Waals surface area contributed by atoms with E-state index in [0.717, 1.165) is 63.9 Å². The second kappa shape index (κ2) is 7.75. The molecule has 0 spiro atoms. The summed E-state index contributed by atoms with van der Waals surface area (Å²) in [5, 5.41) is 4.26. The Morgan fingerprint density at radius 2 is 1.64 bits per heavy atom. The van der Waals surface area contributed by atoms with Crippen LogP contribution in [0.5, 0.6) is 0 Å². The van der Waals surface area contributed by atoms with Crippen LogP contribution in [0.15, 0.2) is 24.3 Å². The Morgan fingerprint density at radius 3 is 2.27 bits per heavy atom. The zero-order valence-corrected chi connectivity index (χ0v) is 14.2. The minimum absolute atomic E-state index is 0.476. The molecule has 0 saturated carbocycles. The highest BCUT2D eigenvalue weighted by atomic mass is 35.5. The summed E-state index contributed by atoms with van der Waals surface area (Å²) in [6.07, 6.45) is 0. The summed E-state index contributed by atoms with van der Waals surface area (Å²) >= 11 is 6.07. The summed E-state index contributed by atoms with van der Waals surface area (Å²) in [6.45, 7) is 10.2. The molecule has 2 aliphatic heterocycles. The summed E-state index contributed by atoms with van der Waals surface area (Å²) < 4.78 is 0. The smallest absolute Gasteiger partial charge is 0.0476 e. The zero-order valence-electron chi connectivity index (χ0n) is 13.5. The highest BCUT2D eigenvalue weighted by molar-refractivity contribution is 6.30. The number of benzene rings is 1. The van der Waals surface area contributed by atoms with E-state index in [-0.39, 0.29) is 0 Å². The van der Waals surface area contributed by atoms with Gasteiger partial charge in [-0.15, -0.1) is 0 Å². The van der Waals surface area contributed by atoms with E-state index in [1.807, 2.05) is 12.1 Å². The molecule has 2 heterocycles. The lowest BCUT2D eigenvalue weighted by Crippen LogP contribution is -2.51. The molecule has 2 saturated heterocycles. The van der Waals surface area contributed by atoms with E-state index in [0.29, 0.717) is 6.04 Å². The Morgan fingerprint density at radius 1 is 1.00 bits per heavy atom. The third-order valence-corrected chi connectivity index (χ3v) is 5.13. The van der Waals surface area contributed by atoms with Gasteiger partial charge in [-0.2, -0.15) is 0 Å². The molecule has 1 N–H and O–H groups in total. The molecule has 0 aromatic heterocycles. The standard InChI is InChI=1S/C17H27ClN4/c1-20-10-12-22(13-11-20)17(14-21-8-6-19-7-9-21)15-2-4-16(18)5-3-15/h2-5,17,19H,6-14H2,1H3/t17-/m1/s1. The minimum atomic E-state index is 0.476. The van der Waals surface area contributed by atoms with Gasteiger partial charge in [-0.05, 0) is 24.7 Å². The minimum Gasteiger partial charge on any atom is -0.314 e. The monoisotopic (exact) mass is 322 g/mol. The molecule has 5 heteroatoms. The summed E-state index contributed by atoms with van der Waals surface area (Å²) in [6, 6.07) is 8.93. The lowest BCUT2D eigenvalue weighted by molar-refractivity contribution is 0.0816. The van der Waals surface area contributed by atoms with E-state index >= 15 is 0 Å². The van der Waals surface area contributed by atoms with Crippen LogP contribution in [0.25, 0.3) is 0 Å². The molecule has 4 nitrogen and oxygen atoms in total. The topological polar surface area (TPSA) is 21.8 Å². The quantitative estimate of drug-likeness (QED) is 0.907. The average molecular weight is 323 g/mol. The highest BCUT2D eigenvalue weighted by Gasteiger charge is 2.26. The molecular formula is C17H27ClN4. The Labute approximate surface area is 139 Å². The van der Waals surface area contributed by atoms with Gasteiger partial charge in [0.15, 0.2) is 0 Å². The molecule has 3 rings (SSSR count). The van der Waals surface area contributed by atoms with Crippen molar-refractivity contribution < 1.29 is 0 Å². The summed E-state index contributed by atoms with van der Waals surface area (Å²) in [5.74, 6) is 0. The number of likely N-dealkylation sites (N-methyl/N-ethyl adjacent to an activating group) is 1. The summed E-state index contributed by atoms with van der Waals surface area (Å²) in [7, 11) is 2.21. The molecular weight excluding hydrogens is 296 g/mol. The van der Waals surface area contributed by atoms with E-state index in [9.17, 15) is 0 Å². The molecule has 0 unspecified atom stereocenters. The molecule has 0 bridgehead atoms. The van der Waals surface area contributed by atoms with Crippen molar-refractivity contribution >= 4 is 11.6 Å². The van der Waals surface area contributed by atoms with Crippen molar-refractivity contribution in [3.63, 3.8) is 0 Å². The van der Waals surface area contributed by atoms with Crippen molar-refractivity contribution in [2.24, 2.45) is 0 Å². The second-order valence-corrected chi connectivity index (χ2v) is 6.89. The van der Waals surface area contributed by atoms with Gasteiger partial charge in [-0.3, -0.25) is 9.80 Å². The van der Waals surface area contributed by atoms with Gasteiger partial charge >= 0.3 is 0 Å². The first-order valence-electron chi connectivity index (χ1n) is 8.33. The fourth-order valence-corrected chi connectivity index (χ4v) is 3.51. The first-order valence-corrected chi connectivity index (χ1v) is 8.71. The number of nitrogens with zero attached hydrogens (tertiary/aromatic N) is 3. The number of nitrogens with one attached hydrogen (secondary N) is 1. The number of rotatable bonds is 4. The van der Waals surface area contributed by atoms with E-state index in [1.54, 1.807) is 0 Å². The van der Waals surface area contributed by atoms with Crippen LogP contribution >= 0.6 is 11.6 Å². The maximum Gasteiger partial charge on any atom is 0.0476 e. The molecule has 0 amide bonds. The van der Waals surface area contributed by atoms with Gasteiger partial charge in [-0.25, -0.2) is 0 Å². The zero-order chi connectivity index (χ0) is 15.4. The van der Waals surface area contributed by atoms with Crippen LogP contribution in [0.2, 0.25) is 5.02 Å². The van der Waals surface area contributed by atoms with Crippen LogP contribution in [0.4, 0.5) is 0 Å². The average Bonchev–Trinajstić information content (AvgIpc) is 2.56. The van der Waals surface area contributed by atoms with E-state index in [4.69, 9.17) is 11.6 Å². The number of hydrogen-bond donors (Lipinski definition) is 1. The molecule has 22 heavy (non-hydrogen) atoms. The first-order chi connectivity index (χ1) is 10.7. The number of hydrogen-bond acceptors (Lipinski definition) is 4. The fourth-order valence-electron chi connectivity index (χ4n) is 3.39. The molecule has 1 aromatic carbocycles. The Hall–Kier alpha value is -0.650. The van der Waals surface area contributed by atoms with Crippen LogP contribution < -0.4 is 5.32 Å². The van der Waals surface area contributed by atoms with E-state index < -0.39 is 0 Å². The molecule has 0 radical (unpaired) electrons. The third kappa shape index (κ3) is 4.21. The Balaban J connectivity index is 1.73. The predicted octanol–water partition coefficient (Wildman–Crippen LogP) is 1.53. The van der Waals surface area contributed by atoms with Crippen molar-refractivity contribution in [3.05, 3.63) is 34.9 Å². The fraction of sp³-hybridized carbons (Fsp3) is 0.647. The van der Waals surface area contributed by atoms with Crippen LogP contribution in [0.3, 0.4) is 0 Å². The van der Waals surface area contributed by atoms with Gasteiger partial charge in [0.1, 0.15) is 0 Å².